The fraction of sp³-hybridized carbons (Fsp3) is 0.562. The second-order valence-corrected chi connectivity index (χ2v) is 5.63. The van der Waals surface area contributed by atoms with E-state index in [0.717, 1.165) is 23.4 Å². The van der Waals surface area contributed by atoms with Gasteiger partial charge in [-0.15, -0.1) is 0 Å². The van der Waals surface area contributed by atoms with Crippen molar-refractivity contribution >= 4 is 11.6 Å². The Morgan fingerprint density at radius 3 is 2.90 bits per heavy atom. The van der Waals surface area contributed by atoms with Crippen LogP contribution in [0.15, 0.2) is 18.2 Å². The highest BCUT2D eigenvalue weighted by molar-refractivity contribution is 5.94. The Morgan fingerprint density at radius 1 is 1.45 bits per heavy atom. The minimum absolute atomic E-state index is 0.000417. The fourth-order valence-corrected chi connectivity index (χ4v) is 2.73. The van der Waals surface area contributed by atoms with Crippen molar-refractivity contribution in [3.05, 3.63) is 29.3 Å². The van der Waals surface area contributed by atoms with Crippen LogP contribution in [0.2, 0.25) is 0 Å². The Balaban J connectivity index is 2.04. The third-order valence-electron chi connectivity index (χ3n) is 3.81. The summed E-state index contributed by atoms with van der Waals surface area (Å²) < 4.78 is 0. The van der Waals surface area contributed by atoms with Gasteiger partial charge in [-0.1, -0.05) is 0 Å². The Morgan fingerprint density at radius 2 is 2.25 bits per heavy atom. The summed E-state index contributed by atoms with van der Waals surface area (Å²) in [6.45, 7) is 6.91. The number of hydrogen-bond acceptors (Lipinski definition) is 3. The standard InChI is InChI=1S/C16H25N3O/c1-4-17-16(20)13-7-8-15(12(2)10-13)18-14-6-5-9-19(3)11-14/h7-8,10,14,18H,4-6,9,11H2,1-3H3,(H,17,20). The predicted octanol–water partition coefficient (Wildman–Crippen LogP) is 2.25. The highest BCUT2D eigenvalue weighted by atomic mass is 16.1. The number of aryl methyl sites for hydroxylation is 1. The first kappa shape index (κ1) is 14.9. The first-order valence-corrected chi connectivity index (χ1v) is 7.44. The first-order chi connectivity index (χ1) is 9.60. The summed E-state index contributed by atoms with van der Waals surface area (Å²) in [5.41, 5.74) is 3.00. The monoisotopic (exact) mass is 275 g/mol. The summed E-state index contributed by atoms with van der Waals surface area (Å²) in [5, 5.41) is 6.43. The number of carbonyl (C=O) groups is 1. The van der Waals surface area contributed by atoms with Crippen molar-refractivity contribution in [2.75, 3.05) is 32.0 Å². The lowest BCUT2D eigenvalue weighted by Gasteiger charge is -2.31. The van der Waals surface area contributed by atoms with E-state index in [0.29, 0.717) is 12.6 Å². The van der Waals surface area contributed by atoms with E-state index in [1.54, 1.807) is 0 Å². The lowest BCUT2D eigenvalue weighted by Crippen LogP contribution is -2.39. The number of rotatable bonds is 4. The van der Waals surface area contributed by atoms with Crippen LogP contribution in [0, 0.1) is 6.92 Å². The van der Waals surface area contributed by atoms with Crippen LogP contribution in [0.25, 0.3) is 0 Å². The van der Waals surface area contributed by atoms with Crippen LogP contribution in [-0.4, -0.2) is 43.5 Å². The summed E-state index contributed by atoms with van der Waals surface area (Å²) in [6.07, 6.45) is 2.45. The number of amides is 1. The smallest absolute Gasteiger partial charge is 0.251 e. The van der Waals surface area contributed by atoms with Crippen molar-refractivity contribution in [3.63, 3.8) is 0 Å². The number of likely N-dealkylation sites (N-methyl/N-ethyl adjacent to an activating group) is 1. The molecule has 0 radical (unpaired) electrons. The van der Waals surface area contributed by atoms with Crippen LogP contribution in [0.1, 0.15) is 35.7 Å². The molecule has 1 aromatic rings. The number of nitrogens with zero attached hydrogens (tertiary/aromatic N) is 1. The maximum absolute atomic E-state index is 11.8. The molecule has 0 aliphatic carbocycles. The molecule has 0 aromatic heterocycles. The molecule has 4 heteroatoms. The molecule has 1 amide bonds. The molecule has 110 valence electrons. The molecule has 0 saturated carbocycles. The minimum atomic E-state index is -0.000417. The van der Waals surface area contributed by atoms with Crippen molar-refractivity contribution in [2.45, 2.75) is 32.7 Å². The Labute approximate surface area is 121 Å². The molecule has 2 rings (SSSR count). The van der Waals surface area contributed by atoms with Gasteiger partial charge in [0.05, 0.1) is 0 Å². The molecule has 4 nitrogen and oxygen atoms in total. The van der Waals surface area contributed by atoms with Gasteiger partial charge in [-0.3, -0.25) is 4.79 Å². The van der Waals surface area contributed by atoms with E-state index in [9.17, 15) is 4.79 Å². The molecule has 1 atom stereocenters. The maximum Gasteiger partial charge on any atom is 0.251 e. The molecule has 0 spiro atoms. The quantitative estimate of drug-likeness (QED) is 0.886. The molecule has 1 aliphatic heterocycles. The summed E-state index contributed by atoms with van der Waals surface area (Å²) in [7, 11) is 2.17. The van der Waals surface area contributed by atoms with Crippen molar-refractivity contribution in [1.82, 2.24) is 10.2 Å². The van der Waals surface area contributed by atoms with Gasteiger partial charge in [0.2, 0.25) is 0 Å². The lowest BCUT2D eigenvalue weighted by molar-refractivity contribution is 0.0956. The number of hydrogen-bond donors (Lipinski definition) is 2. The van der Waals surface area contributed by atoms with Crippen LogP contribution >= 0.6 is 0 Å². The molecule has 1 saturated heterocycles. The van der Waals surface area contributed by atoms with Crippen LogP contribution in [0.4, 0.5) is 5.69 Å². The van der Waals surface area contributed by atoms with Crippen molar-refractivity contribution < 1.29 is 4.79 Å². The van der Waals surface area contributed by atoms with E-state index in [1.165, 1.54) is 19.4 Å². The van der Waals surface area contributed by atoms with E-state index in [4.69, 9.17) is 0 Å². The molecular weight excluding hydrogens is 250 g/mol. The lowest BCUT2D eigenvalue weighted by atomic mass is 10.0. The number of benzene rings is 1. The van der Waals surface area contributed by atoms with Gasteiger partial charge >= 0.3 is 0 Å². The first-order valence-electron chi connectivity index (χ1n) is 7.44. The number of anilines is 1. The van der Waals surface area contributed by atoms with Gasteiger partial charge in [-0.05, 0) is 64.0 Å². The zero-order valence-corrected chi connectivity index (χ0v) is 12.7. The summed E-state index contributed by atoms with van der Waals surface area (Å²) >= 11 is 0. The summed E-state index contributed by atoms with van der Waals surface area (Å²) in [6, 6.07) is 6.38. The van der Waals surface area contributed by atoms with Crippen LogP contribution in [-0.2, 0) is 0 Å². The average molecular weight is 275 g/mol. The Bertz CT molecular complexity index is 473. The predicted molar refractivity (Wildman–Crippen MR) is 83.3 cm³/mol. The number of piperidine rings is 1. The van der Waals surface area contributed by atoms with Crippen molar-refractivity contribution in [1.29, 1.82) is 0 Å². The normalized spacial score (nSPS) is 19.6. The summed E-state index contributed by atoms with van der Waals surface area (Å²) in [4.78, 5) is 14.2. The molecular formula is C16H25N3O. The van der Waals surface area contributed by atoms with Crippen molar-refractivity contribution in [2.24, 2.45) is 0 Å². The molecule has 1 aliphatic rings. The Hall–Kier alpha value is -1.55. The number of nitrogens with one attached hydrogen (secondary N) is 2. The van der Waals surface area contributed by atoms with E-state index in [-0.39, 0.29) is 5.91 Å². The van der Waals surface area contributed by atoms with Crippen LogP contribution in [0.3, 0.4) is 0 Å². The van der Waals surface area contributed by atoms with Gasteiger partial charge < -0.3 is 15.5 Å². The second-order valence-electron chi connectivity index (χ2n) is 5.63. The van der Waals surface area contributed by atoms with Crippen molar-refractivity contribution in [3.8, 4) is 0 Å². The van der Waals surface area contributed by atoms with Gasteiger partial charge in [0, 0.05) is 30.4 Å². The molecule has 20 heavy (non-hydrogen) atoms. The Kier molecular flexibility index (Phi) is 5.01. The highest BCUT2D eigenvalue weighted by Crippen LogP contribution is 2.20. The molecule has 1 fully saturated rings. The maximum atomic E-state index is 11.8. The largest absolute Gasteiger partial charge is 0.381 e. The van der Waals surface area contributed by atoms with Crippen LogP contribution in [0.5, 0.6) is 0 Å². The SMILES string of the molecule is CCNC(=O)c1ccc(NC2CCCN(C)C2)c(C)c1. The number of carbonyl (C=O) groups excluding carboxylic acids is 1. The number of likely N-dealkylation sites (tertiary alicyclic amines) is 1. The van der Waals surface area contributed by atoms with Gasteiger partial charge in [-0.25, -0.2) is 0 Å². The molecule has 1 unspecified atom stereocenters. The van der Waals surface area contributed by atoms with E-state index >= 15 is 0 Å². The third kappa shape index (κ3) is 3.73. The van der Waals surface area contributed by atoms with Gasteiger partial charge in [0.1, 0.15) is 0 Å². The zero-order valence-electron chi connectivity index (χ0n) is 12.7. The molecule has 1 heterocycles. The topological polar surface area (TPSA) is 44.4 Å². The minimum Gasteiger partial charge on any atom is -0.381 e. The van der Waals surface area contributed by atoms with E-state index in [1.807, 2.05) is 25.1 Å². The summed E-state index contributed by atoms with van der Waals surface area (Å²) in [5.74, 6) is -0.000417. The zero-order chi connectivity index (χ0) is 14.5. The second kappa shape index (κ2) is 6.75. The molecule has 0 bridgehead atoms. The molecule has 2 N–H and O–H groups in total. The highest BCUT2D eigenvalue weighted by Gasteiger charge is 2.17. The van der Waals surface area contributed by atoms with E-state index < -0.39 is 0 Å². The van der Waals surface area contributed by atoms with Gasteiger partial charge in [-0.2, -0.15) is 0 Å². The van der Waals surface area contributed by atoms with Gasteiger partial charge in [0.15, 0.2) is 0 Å². The van der Waals surface area contributed by atoms with E-state index in [2.05, 4.69) is 29.5 Å². The van der Waals surface area contributed by atoms with Gasteiger partial charge in [0.25, 0.3) is 5.91 Å². The molecule has 1 aromatic carbocycles. The van der Waals surface area contributed by atoms with Crippen LogP contribution < -0.4 is 10.6 Å². The average Bonchev–Trinajstić information content (AvgIpc) is 2.41. The third-order valence-corrected chi connectivity index (χ3v) is 3.81. The fourth-order valence-electron chi connectivity index (χ4n) is 2.73.